The molecule has 18 heavy (non-hydrogen) atoms. The van der Waals surface area contributed by atoms with Gasteiger partial charge in [-0.05, 0) is 12.8 Å². The average Bonchev–Trinajstić information content (AvgIpc) is 2.57. The van der Waals surface area contributed by atoms with Crippen LogP contribution in [-0.4, -0.2) is 24.0 Å². The fourth-order valence-electron chi connectivity index (χ4n) is 2.28. The van der Waals surface area contributed by atoms with E-state index in [9.17, 15) is 4.79 Å². The Hall–Kier alpha value is -1.30. The average molecular weight is 268 g/mol. The van der Waals surface area contributed by atoms with Crippen molar-refractivity contribution in [1.29, 1.82) is 0 Å². The third kappa shape index (κ3) is 3.13. The lowest BCUT2D eigenvalue weighted by molar-refractivity contribution is 0.0938. The largest absolute Gasteiger partial charge is 0.382 e. The molecule has 1 saturated carbocycles. The Bertz CT molecular complexity index is 410. The van der Waals surface area contributed by atoms with E-state index in [-0.39, 0.29) is 5.91 Å². The van der Waals surface area contributed by atoms with Crippen LogP contribution in [0.1, 0.15) is 48.2 Å². The zero-order chi connectivity index (χ0) is 13.0. The number of hydrogen-bond acceptors (Lipinski definition) is 5. The Morgan fingerprint density at radius 2 is 2.00 bits per heavy atom. The highest BCUT2D eigenvalue weighted by Crippen LogP contribution is 2.25. The molecule has 100 valence electrons. The summed E-state index contributed by atoms with van der Waals surface area (Å²) in [5, 5.41) is 6.66. The summed E-state index contributed by atoms with van der Waals surface area (Å²) >= 11 is 1.30. The number of anilines is 2. The summed E-state index contributed by atoms with van der Waals surface area (Å²) in [4.78, 5) is 16.7. The van der Waals surface area contributed by atoms with E-state index in [1.807, 2.05) is 0 Å². The second kappa shape index (κ2) is 6.04. The van der Waals surface area contributed by atoms with Crippen LogP contribution in [0.4, 0.5) is 10.9 Å². The Morgan fingerprint density at radius 1 is 1.33 bits per heavy atom. The van der Waals surface area contributed by atoms with E-state index in [0.29, 0.717) is 21.9 Å². The van der Waals surface area contributed by atoms with E-state index < -0.39 is 0 Å². The molecule has 4 N–H and O–H groups in total. The van der Waals surface area contributed by atoms with Crippen LogP contribution in [0.15, 0.2) is 0 Å². The molecular weight excluding hydrogens is 248 g/mol. The minimum Gasteiger partial charge on any atom is -0.382 e. The summed E-state index contributed by atoms with van der Waals surface area (Å²) in [7, 11) is 1.77. The molecule has 0 atom stereocenters. The maximum absolute atomic E-state index is 12.1. The molecule has 0 radical (unpaired) electrons. The van der Waals surface area contributed by atoms with Crippen molar-refractivity contribution in [3.05, 3.63) is 4.88 Å². The maximum atomic E-state index is 12.1. The van der Waals surface area contributed by atoms with Gasteiger partial charge in [0.25, 0.3) is 5.91 Å². The minimum absolute atomic E-state index is 0.0848. The van der Waals surface area contributed by atoms with Crippen molar-refractivity contribution >= 4 is 28.2 Å². The van der Waals surface area contributed by atoms with Gasteiger partial charge in [0, 0.05) is 13.1 Å². The quantitative estimate of drug-likeness (QED) is 0.734. The SMILES string of the molecule is CNc1nc(N)c(C(=O)NC2CCCCCC2)s1. The van der Waals surface area contributed by atoms with Crippen molar-refractivity contribution in [2.45, 2.75) is 44.6 Å². The zero-order valence-corrected chi connectivity index (χ0v) is 11.5. The third-order valence-electron chi connectivity index (χ3n) is 3.26. The number of amides is 1. The summed E-state index contributed by atoms with van der Waals surface area (Å²) in [6.07, 6.45) is 7.10. The van der Waals surface area contributed by atoms with Crippen LogP contribution in [0.2, 0.25) is 0 Å². The number of thiazole rings is 1. The van der Waals surface area contributed by atoms with Crippen molar-refractivity contribution in [2.75, 3.05) is 18.1 Å². The van der Waals surface area contributed by atoms with Gasteiger partial charge < -0.3 is 16.4 Å². The lowest BCUT2D eigenvalue weighted by Crippen LogP contribution is -2.34. The number of nitrogens with two attached hydrogens (primary N) is 1. The van der Waals surface area contributed by atoms with Gasteiger partial charge in [-0.2, -0.15) is 0 Å². The first-order chi connectivity index (χ1) is 8.70. The van der Waals surface area contributed by atoms with Gasteiger partial charge in [-0.15, -0.1) is 0 Å². The van der Waals surface area contributed by atoms with Crippen molar-refractivity contribution in [2.24, 2.45) is 0 Å². The summed E-state index contributed by atoms with van der Waals surface area (Å²) in [5.41, 5.74) is 5.75. The molecule has 0 spiro atoms. The van der Waals surface area contributed by atoms with E-state index in [4.69, 9.17) is 5.73 Å². The van der Waals surface area contributed by atoms with E-state index in [1.54, 1.807) is 7.05 Å². The van der Waals surface area contributed by atoms with Crippen LogP contribution < -0.4 is 16.4 Å². The van der Waals surface area contributed by atoms with Crippen LogP contribution in [0.5, 0.6) is 0 Å². The molecule has 0 aliphatic heterocycles. The first-order valence-corrected chi connectivity index (χ1v) is 7.27. The second-order valence-corrected chi connectivity index (χ2v) is 5.64. The number of rotatable bonds is 3. The van der Waals surface area contributed by atoms with Crippen molar-refractivity contribution in [3.8, 4) is 0 Å². The highest BCUT2D eigenvalue weighted by atomic mass is 32.1. The second-order valence-electron chi connectivity index (χ2n) is 4.65. The van der Waals surface area contributed by atoms with Crippen molar-refractivity contribution in [3.63, 3.8) is 0 Å². The third-order valence-corrected chi connectivity index (χ3v) is 4.35. The number of nitrogens with one attached hydrogen (secondary N) is 2. The molecule has 0 bridgehead atoms. The molecule has 1 aliphatic carbocycles. The standard InChI is InChI=1S/C12H20N4OS/c1-14-12-16-10(13)9(18-12)11(17)15-8-6-4-2-3-5-7-8/h8H,2-7,13H2,1H3,(H,14,16)(H,15,17). The summed E-state index contributed by atoms with van der Waals surface area (Å²) in [6, 6.07) is 0.291. The number of aromatic nitrogens is 1. The first kappa shape index (κ1) is 13.1. The van der Waals surface area contributed by atoms with Gasteiger partial charge in [0.2, 0.25) is 0 Å². The van der Waals surface area contributed by atoms with Crippen LogP contribution in [-0.2, 0) is 0 Å². The highest BCUT2D eigenvalue weighted by molar-refractivity contribution is 7.18. The van der Waals surface area contributed by atoms with Crippen LogP contribution in [0.3, 0.4) is 0 Å². The molecule has 5 nitrogen and oxygen atoms in total. The number of nitrogen functional groups attached to an aromatic ring is 1. The van der Waals surface area contributed by atoms with Gasteiger partial charge in [-0.25, -0.2) is 4.98 Å². The molecule has 1 amide bonds. The lowest BCUT2D eigenvalue weighted by atomic mass is 10.1. The number of hydrogen-bond donors (Lipinski definition) is 3. The molecular formula is C12H20N4OS. The number of carbonyl (C=O) groups is 1. The van der Waals surface area contributed by atoms with E-state index in [1.165, 1.54) is 37.0 Å². The molecule has 1 fully saturated rings. The van der Waals surface area contributed by atoms with E-state index >= 15 is 0 Å². The molecule has 0 saturated heterocycles. The normalized spacial score (nSPS) is 17.2. The zero-order valence-electron chi connectivity index (χ0n) is 10.7. The molecule has 1 aromatic heterocycles. The predicted molar refractivity (Wildman–Crippen MR) is 75.0 cm³/mol. The van der Waals surface area contributed by atoms with Crippen molar-refractivity contribution in [1.82, 2.24) is 10.3 Å². The minimum atomic E-state index is -0.0848. The van der Waals surface area contributed by atoms with Crippen LogP contribution in [0.25, 0.3) is 0 Å². The molecule has 1 aromatic rings. The summed E-state index contributed by atoms with van der Waals surface area (Å²) in [6.45, 7) is 0. The topological polar surface area (TPSA) is 80.0 Å². The van der Waals surface area contributed by atoms with E-state index in [2.05, 4.69) is 15.6 Å². The van der Waals surface area contributed by atoms with Gasteiger partial charge >= 0.3 is 0 Å². The van der Waals surface area contributed by atoms with Gasteiger partial charge in [-0.3, -0.25) is 4.79 Å². The predicted octanol–water partition coefficient (Wildman–Crippen LogP) is 2.22. The number of carbonyl (C=O) groups excluding carboxylic acids is 1. The molecule has 0 aromatic carbocycles. The Labute approximate surface area is 111 Å². The Morgan fingerprint density at radius 3 is 2.56 bits per heavy atom. The Balaban J connectivity index is 1.99. The van der Waals surface area contributed by atoms with Crippen molar-refractivity contribution < 1.29 is 4.79 Å². The van der Waals surface area contributed by atoms with Gasteiger partial charge in [0.05, 0.1) is 0 Å². The fourth-order valence-corrected chi connectivity index (χ4v) is 3.02. The summed E-state index contributed by atoms with van der Waals surface area (Å²) < 4.78 is 0. The molecule has 2 rings (SSSR count). The smallest absolute Gasteiger partial charge is 0.265 e. The van der Waals surface area contributed by atoms with Gasteiger partial charge in [-0.1, -0.05) is 37.0 Å². The molecule has 1 heterocycles. The molecule has 0 unspecified atom stereocenters. The highest BCUT2D eigenvalue weighted by Gasteiger charge is 2.20. The fraction of sp³-hybridized carbons (Fsp3) is 0.667. The maximum Gasteiger partial charge on any atom is 0.265 e. The van der Waals surface area contributed by atoms with Gasteiger partial charge in [0.15, 0.2) is 5.13 Å². The van der Waals surface area contributed by atoms with Crippen LogP contribution >= 0.6 is 11.3 Å². The van der Waals surface area contributed by atoms with Gasteiger partial charge in [0.1, 0.15) is 10.7 Å². The first-order valence-electron chi connectivity index (χ1n) is 6.45. The molecule has 1 aliphatic rings. The van der Waals surface area contributed by atoms with E-state index in [0.717, 1.165) is 12.8 Å². The number of nitrogens with zero attached hydrogens (tertiary/aromatic N) is 1. The monoisotopic (exact) mass is 268 g/mol. The lowest BCUT2D eigenvalue weighted by Gasteiger charge is -2.15. The summed E-state index contributed by atoms with van der Waals surface area (Å²) in [5.74, 6) is 0.230. The van der Waals surface area contributed by atoms with Crippen LogP contribution in [0, 0.1) is 0 Å². The Kier molecular flexibility index (Phi) is 4.41. The molecule has 6 heteroatoms.